The maximum Gasteiger partial charge on any atom is 0.273 e. The van der Waals surface area contributed by atoms with Gasteiger partial charge in [-0.2, -0.15) is 5.10 Å². The van der Waals surface area contributed by atoms with Gasteiger partial charge in [0.25, 0.3) is 5.91 Å². The third-order valence-electron chi connectivity index (χ3n) is 3.44. The molecule has 0 bridgehead atoms. The van der Waals surface area contributed by atoms with Gasteiger partial charge in [-0.25, -0.2) is 0 Å². The summed E-state index contributed by atoms with van der Waals surface area (Å²) in [6.45, 7) is 8.76. The normalized spacial score (nSPS) is 16.6. The minimum atomic E-state index is -0.223. The zero-order valence-electron chi connectivity index (χ0n) is 12.1. The van der Waals surface area contributed by atoms with E-state index in [0.717, 1.165) is 38.5 Å². The Kier molecular flexibility index (Phi) is 4.97. The standard InChI is InChI=1S/C13H23N5O2/c1-9(2)11-10(14)12(17-16-11)13(19)15-3-4-18-5-7-20-8-6-18/h9H,3-8,14H2,1-2H3,(H,15,19)(H,16,17). The molecule has 0 aromatic carbocycles. The van der Waals surface area contributed by atoms with Crippen LogP contribution in [0.4, 0.5) is 5.69 Å². The number of amides is 1. The largest absolute Gasteiger partial charge is 0.395 e. The summed E-state index contributed by atoms with van der Waals surface area (Å²) >= 11 is 0. The van der Waals surface area contributed by atoms with E-state index >= 15 is 0 Å². The Hall–Kier alpha value is -1.60. The molecule has 1 fully saturated rings. The van der Waals surface area contributed by atoms with Gasteiger partial charge in [0, 0.05) is 26.2 Å². The Bertz CT molecular complexity index is 452. The fraction of sp³-hybridized carbons (Fsp3) is 0.692. The Morgan fingerprint density at radius 2 is 2.20 bits per heavy atom. The number of hydrogen-bond acceptors (Lipinski definition) is 5. The maximum absolute atomic E-state index is 12.0. The number of ether oxygens (including phenoxy) is 1. The van der Waals surface area contributed by atoms with Gasteiger partial charge >= 0.3 is 0 Å². The fourth-order valence-corrected chi connectivity index (χ4v) is 2.21. The van der Waals surface area contributed by atoms with Gasteiger partial charge in [-0.1, -0.05) is 13.8 Å². The number of nitrogens with two attached hydrogens (primary N) is 1. The van der Waals surface area contributed by atoms with Crippen LogP contribution in [0.25, 0.3) is 0 Å². The van der Waals surface area contributed by atoms with Crippen LogP contribution in [-0.4, -0.2) is 60.4 Å². The number of rotatable bonds is 5. The lowest BCUT2D eigenvalue weighted by molar-refractivity contribution is 0.0383. The lowest BCUT2D eigenvalue weighted by Gasteiger charge is -2.26. The molecule has 1 aromatic rings. The minimum Gasteiger partial charge on any atom is -0.395 e. The molecule has 20 heavy (non-hydrogen) atoms. The quantitative estimate of drug-likeness (QED) is 0.715. The summed E-state index contributed by atoms with van der Waals surface area (Å²) in [6, 6.07) is 0. The third-order valence-corrected chi connectivity index (χ3v) is 3.44. The van der Waals surface area contributed by atoms with Gasteiger partial charge in [-0.3, -0.25) is 14.8 Å². The van der Waals surface area contributed by atoms with Gasteiger partial charge in [-0.15, -0.1) is 0 Å². The molecule has 4 N–H and O–H groups in total. The summed E-state index contributed by atoms with van der Waals surface area (Å²) in [7, 11) is 0. The highest BCUT2D eigenvalue weighted by Crippen LogP contribution is 2.21. The zero-order chi connectivity index (χ0) is 14.5. The van der Waals surface area contributed by atoms with Crippen LogP contribution >= 0.6 is 0 Å². The van der Waals surface area contributed by atoms with Crippen molar-refractivity contribution in [3.8, 4) is 0 Å². The number of aromatic amines is 1. The topological polar surface area (TPSA) is 96.3 Å². The van der Waals surface area contributed by atoms with Crippen molar-refractivity contribution in [2.45, 2.75) is 19.8 Å². The zero-order valence-corrected chi connectivity index (χ0v) is 12.1. The van der Waals surface area contributed by atoms with E-state index in [-0.39, 0.29) is 17.5 Å². The average molecular weight is 281 g/mol. The molecule has 112 valence electrons. The van der Waals surface area contributed by atoms with Crippen LogP contribution in [-0.2, 0) is 4.74 Å². The number of nitrogen functional groups attached to an aromatic ring is 1. The predicted molar refractivity (Wildman–Crippen MR) is 76.7 cm³/mol. The van der Waals surface area contributed by atoms with E-state index in [1.165, 1.54) is 0 Å². The number of hydrogen-bond donors (Lipinski definition) is 3. The van der Waals surface area contributed by atoms with Crippen LogP contribution in [0, 0.1) is 0 Å². The summed E-state index contributed by atoms with van der Waals surface area (Å²) in [6.07, 6.45) is 0. The molecule has 2 heterocycles. The summed E-state index contributed by atoms with van der Waals surface area (Å²) in [4.78, 5) is 14.3. The first-order valence-corrected chi connectivity index (χ1v) is 7.01. The van der Waals surface area contributed by atoms with Crippen LogP contribution in [0.5, 0.6) is 0 Å². The number of morpholine rings is 1. The lowest BCUT2D eigenvalue weighted by atomic mass is 10.1. The number of aromatic nitrogens is 2. The molecule has 0 spiro atoms. The van der Waals surface area contributed by atoms with Gasteiger partial charge in [0.1, 0.15) is 0 Å². The van der Waals surface area contributed by atoms with Crippen LogP contribution in [0.3, 0.4) is 0 Å². The van der Waals surface area contributed by atoms with E-state index in [9.17, 15) is 4.79 Å². The van der Waals surface area contributed by atoms with Crippen molar-refractivity contribution in [3.05, 3.63) is 11.4 Å². The second-order valence-electron chi connectivity index (χ2n) is 5.26. The molecule has 7 nitrogen and oxygen atoms in total. The Morgan fingerprint density at radius 3 is 2.80 bits per heavy atom. The van der Waals surface area contributed by atoms with E-state index in [2.05, 4.69) is 20.4 Å². The molecule has 2 rings (SSSR count). The van der Waals surface area contributed by atoms with Gasteiger partial charge in [-0.05, 0) is 5.92 Å². The molecule has 0 unspecified atom stereocenters. The first-order chi connectivity index (χ1) is 9.59. The van der Waals surface area contributed by atoms with Crippen LogP contribution in [0.1, 0.15) is 35.9 Å². The summed E-state index contributed by atoms with van der Waals surface area (Å²) in [5.74, 6) is -0.00342. The SMILES string of the molecule is CC(C)c1[nH]nc(C(=O)NCCN2CCOCC2)c1N. The fourth-order valence-electron chi connectivity index (χ4n) is 2.21. The molecule has 0 atom stereocenters. The van der Waals surface area contributed by atoms with Crippen LogP contribution < -0.4 is 11.1 Å². The number of carbonyl (C=O) groups excluding carboxylic acids is 1. The molecule has 1 aliphatic heterocycles. The van der Waals surface area contributed by atoms with Gasteiger partial charge in [0.05, 0.1) is 24.6 Å². The van der Waals surface area contributed by atoms with Crippen molar-refractivity contribution in [2.75, 3.05) is 45.1 Å². The number of nitrogens with one attached hydrogen (secondary N) is 2. The molecular weight excluding hydrogens is 258 g/mol. The molecule has 1 amide bonds. The highest BCUT2D eigenvalue weighted by Gasteiger charge is 2.18. The molecular formula is C13H23N5O2. The van der Waals surface area contributed by atoms with Crippen molar-refractivity contribution in [1.82, 2.24) is 20.4 Å². The van der Waals surface area contributed by atoms with Gasteiger partial charge in [0.2, 0.25) is 0 Å². The average Bonchev–Trinajstić information content (AvgIpc) is 2.82. The molecule has 0 saturated carbocycles. The Labute approximate surface area is 118 Å². The number of nitrogens with zero attached hydrogens (tertiary/aromatic N) is 2. The van der Waals surface area contributed by atoms with Crippen LogP contribution in [0.15, 0.2) is 0 Å². The molecule has 0 radical (unpaired) electrons. The first-order valence-electron chi connectivity index (χ1n) is 7.01. The molecule has 7 heteroatoms. The monoisotopic (exact) mass is 281 g/mol. The van der Waals surface area contributed by atoms with E-state index in [1.54, 1.807) is 0 Å². The molecule has 1 saturated heterocycles. The van der Waals surface area contributed by atoms with Crippen molar-refractivity contribution in [2.24, 2.45) is 0 Å². The minimum absolute atomic E-state index is 0.220. The third kappa shape index (κ3) is 3.49. The van der Waals surface area contributed by atoms with Crippen molar-refractivity contribution >= 4 is 11.6 Å². The van der Waals surface area contributed by atoms with Gasteiger partial charge in [0.15, 0.2) is 5.69 Å². The highest BCUT2D eigenvalue weighted by molar-refractivity contribution is 5.97. The van der Waals surface area contributed by atoms with E-state index in [1.807, 2.05) is 13.8 Å². The number of carbonyl (C=O) groups is 1. The van der Waals surface area contributed by atoms with Crippen molar-refractivity contribution in [1.29, 1.82) is 0 Å². The van der Waals surface area contributed by atoms with Crippen molar-refractivity contribution < 1.29 is 9.53 Å². The van der Waals surface area contributed by atoms with E-state index < -0.39 is 0 Å². The second-order valence-corrected chi connectivity index (χ2v) is 5.26. The first kappa shape index (κ1) is 14.8. The smallest absolute Gasteiger partial charge is 0.273 e. The van der Waals surface area contributed by atoms with E-state index in [0.29, 0.717) is 12.2 Å². The molecule has 1 aliphatic rings. The van der Waals surface area contributed by atoms with Crippen molar-refractivity contribution in [3.63, 3.8) is 0 Å². The molecule has 1 aromatic heterocycles. The summed E-state index contributed by atoms with van der Waals surface area (Å²) in [5, 5.41) is 9.69. The summed E-state index contributed by atoms with van der Waals surface area (Å²) in [5.41, 5.74) is 7.48. The Morgan fingerprint density at radius 1 is 1.50 bits per heavy atom. The lowest BCUT2D eigenvalue weighted by Crippen LogP contribution is -2.41. The van der Waals surface area contributed by atoms with Crippen LogP contribution in [0.2, 0.25) is 0 Å². The number of H-pyrrole nitrogens is 1. The predicted octanol–water partition coefficient (Wildman–Crippen LogP) is 0.177. The Balaban J connectivity index is 1.82. The van der Waals surface area contributed by atoms with Gasteiger partial charge < -0.3 is 15.8 Å². The van der Waals surface area contributed by atoms with E-state index in [4.69, 9.17) is 10.5 Å². The second kappa shape index (κ2) is 6.71. The number of anilines is 1. The summed E-state index contributed by atoms with van der Waals surface area (Å²) < 4.78 is 5.28. The highest BCUT2D eigenvalue weighted by atomic mass is 16.5. The molecule has 0 aliphatic carbocycles. The maximum atomic E-state index is 12.0.